The maximum Gasteiger partial charge on any atom is 0.160 e. The number of anilines is 2. The van der Waals surface area contributed by atoms with Gasteiger partial charge in [-0.1, -0.05) is 12.1 Å². The van der Waals surface area contributed by atoms with Crippen molar-refractivity contribution < 1.29 is 13.9 Å². The zero-order valence-corrected chi connectivity index (χ0v) is 15.4. The maximum atomic E-state index is 13.2. The van der Waals surface area contributed by atoms with Crippen molar-refractivity contribution >= 4 is 11.4 Å². The van der Waals surface area contributed by atoms with Crippen LogP contribution in [0.1, 0.15) is 11.1 Å². The number of benzene rings is 2. The molecule has 0 saturated carbocycles. The van der Waals surface area contributed by atoms with Gasteiger partial charge in [0.1, 0.15) is 6.23 Å². The molecule has 0 bridgehead atoms. The molecule has 1 fully saturated rings. The Labute approximate surface area is 158 Å². The van der Waals surface area contributed by atoms with Crippen LogP contribution in [0.3, 0.4) is 0 Å². The van der Waals surface area contributed by atoms with E-state index in [1.807, 2.05) is 13.0 Å². The summed E-state index contributed by atoms with van der Waals surface area (Å²) in [4.78, 5) is 2.39. The highest BCUT2D eigenvalue weighted by Gasteiger charge is 2.12. The lowest BCUT2D eigenvalue weighted by Crippen LogP contribution is -2.42. The van der Waals surface area contributed by atoms with Gasteiger partial charge in [0.25, 0.3) is 0 Å². The molecule has 7 heteroatoms. The van der Waals surface area contributed by atoms with Gasteiger partial charge in [-0.15, -0.1) is 0 Å². The Morgan fingerprint density at radius 2 is 1.89 bits per heavy atom. The quantitative estimate of drug-likeness (QED) is 0.560. The van der Waals surface area contributed by atoms with Gasteiger partial charge in [-0.2, -0.15) is 0 Å². The van der Waals surface area contributed by atoms with Crippen LogP contribution >= 0.6 is 0 Å². The molecule has 27 heavy (non-hydrogen) atoms. The van der Waals surface area contributed by atoms with Gasteiger partial charge in [-0.3, -0.25) is 4.90 Å². The summed E-state index contributed by atoms with van der Waals surface area (Å²) in [5, 5.41) is 19.6. The van der Waals surface area contributed by atoms with E-state index >= 15 is 0 Å². The SMILES string of the molecule is Cc1ccc(CN2CCNCC2)cc1NC(O)CNc1ccc(F)c(F)c1. The summed E-state index contributed by atoms with van der Waals surface area (Å²) < 4.78 is 26.2. The predicted octanol–water partition coefficient (Wildman–Crippen LogP) is 2.52. The average molecular weight is 376 g/mol. The molecule has 1 saturated heterocycles. The van der Waals surface area contributed by atoms with Crippen molar-refractivity contribution in [2.45, 2.75) is 19.7 Å². The number of hydrogen-bond donors (Lipinski definition) is 4. The van der Waals surface area contributed by atoms with E-state index in [1.54, 1.807) is 0 Å². The van der Waals surface area contributed by atoms with E-state index < -0.39 is 17.9 Å². The normalized spacial score (nSPS) is 16.1. The van der Waals surface area contributed by atoms with Crippen LogP contribution in [0.15, 0.2) is 36.4 Å². The molecule has 0 spiro atoms. The highest BCUT2D eigenvalue weighted by atomic mass is 19.2. The van der Waals surface area contributed by atoms with Crippen LogP contribution < -0.4 is 16.0 Å². The van der Waals surface area contributed by atoms with Gasteiger partial charge in [-0.05, 0) is 36.2 Å². The molecular formula is C20H26F2N4O. The second kappa shape index (κ2) is 9.12. The lowest BCUT2D eigenvalue weighted by molar-refractivity contribution is 0.216. The fraction of sp³-hybridized carbons (Fsp3) is 0.400. The van der Waals surface area contributed by atoms with Crippen molar-refractivity contribution in [3.05, 3.63) is 59.2 Å². The highest BCUT2D eigenvalue weighted by molar-refractivity contribution is 5.53. The molecule has 0 amide bonds. The molecule has 5 nitrogen and oxygen atoms in total. The summed E-state index contributed by atoms with van der Waals surface area (Å²) in [6.07, 6.45) is -0.869. The maximum absolute atomic E-state index is 13.2. The van der Waals surface area contributed by atoms with Gasteiger partial charge >= 0.3 is 0 Å². The van der Waals surface area contributed by atoms with Crippen LogP contribution in [-0.2, 0) is 6.54 Å². The first kappa shape index (κ1) is 19.5. The van der Waals surface area contributed by atoms with Crippen molar-refractivity contribution in [3.63, 3.8) is 0 Å². The van der Waals surface area contributed by atoms with E-state index in [9.17, 15) is 13.9 Å². The van der Waals surface area contributed by atoms with Crippen LogP contribution in [0, 0.1) is 18.6 Å². The summed E-state index contributed by atoms with van der Waals surface area (Å²) in [7, 11) is 0. The Kier molecular flexibility index (Phi) is 6.60. The van der Waals surface area contributed by atoms with Gasteiger partial charge < -0.3 is 21.1 Å². The lowest BCUT2D eigenvalue weighted by Gasteiger charge is -2.27. The first-order valence-electron chi connectivity index (χ1n) is 9.17. The minimum absolute atomic E-state index is 0.159. The number of hydrogen-bond acceptors (Lipinski definition) is 5. The second-order valence-corrected chi connectivity index (χ2v) is 6.85. The Morgan fingerprint density at radius 1 is 1.11 bits per heavy atom. The lowest BCUT2D eigenvalue weighted by atomic mass is 10.1. The molecule has 4 N–H and O–H groups in total. The fourth-order valence-electron chi connectivity index (χ4n) is 3.10. The summed E-state index contributed by atoms with van der Waals surface area (Å²) in [5.74, 6) is -1.81. The van der Waals surface area contributed by atoms with E-state index in [0.717, 1.165) is 56.1 Å². The molecule has 1 atom stereocenters. The molecule has 1 unspecified atom stereocenters. The monoisotopic (exact) mass is 376 g/mol. The average Bonchev–Trinajstić information content (AvgIpc) is 2.66. The summed E-state index contributed by atoms with van der Waals surface area (Å²) in [6, 6.07) is 9.76. The third-order valence-electron chi connectivity index (χ3n) is 4.66. The molecule has 0 aromatic heterocycles. The van der Waals surface area contributed by atoms with E-state index in [1.165, 1.54) is 11.6 Å². The van der Waals surface area contributed by atoms with Gasteiger partial charge in [-0.25, -0.2) is 8.78 Å². The van der Waals surface area contributed by atoms with Crippen LogP contribution in [-0.4, -0.2) is 49.0 Å². The summed E-state index contributed by atoms with van der Waals surface area (Å²) in [6.45, 7) is 7.07. The Morgan fingerprint density at radius 3 is 2.63 bits per heavy atom. The third-order valence-corrected chi connectivity index (χ3v) is 4.66. The molecule has 1 aliphatic rings. The Bertz CT molecular complexity index is 766. The molecule has 0 aliphatic carbocycles. The van der Waals surface area contributed by atoms with E-state index in [-0.39, 0.29) is 6.54 Å². The van der Waals surface area contributed by atoms with E-state index in [2.05, 4.69) is 33.0 Å². The van der Waals surface area contributed by atoms with Crippen molar-refractivity contribution in [1.82, 2.24) is 10.2 Å². The third kappa shape index (κ3) is 5.63. The molecule has 2 aromatic rings. The van der Waals surface area contributed by atoms with Gasteiger partial charge in [0.2, 0.25) is 0 Å². The van der Waals surface area contributed by atoms with Gasteiger partial charge in [0.05, 0.1) is 6.54 Å². The largest absolute Gasteiger partial charge is 0.380 e. The van der Waals surface area contributed by atoms with Crippen LogP contribution in [0.4, 0.5) is 20.2 Å². The fourth-order valence-corrected chi connectivity index (χ4v) is 3.10. The Balaban J connectivity index is 1.56. The van der Waals surface area contributed by atoms with Gasteiger partial charge in [0, 0.05) is 50.2 Å². The zero-order valence-electron chi connectivity index (χ0n) is 15.4. The summed E-state index contributed by atoms with van der Waals surface area (Å²) >= 11 is 0. The predicted molar refractivity (Wildman–Crippen MR) is 104 cm³/mol. The van der Waals surface area contributed by atoms with Gasteiger partial charge in [0.15, 0.2) is 11.6 Å². The standard InChI is InChI=1S/C20H26F2N4O/c1-14-2-3-15(13-26-8-6-23-7-9-26)10-19(14)25-20(27)12-24-16-4-5-17(21)18(22)11-16/h2-5,10-11,20,23-25,27H,6-9,12-13H2,1H3. The molecular weight excluding hydrogens is 350 g/mol. The number of aliphatic hydroxyl groups is 1. The topological polar surface area (TPSA) is 59.6 Å². The van der Waals surface area contributed by atoms with Crippen molar-refractivity contribution in [2.24, 2.45) is 0 Å². The Hall–Kier alpha value is -2.22. The number of nitrogens with zero attached hydrogens (tertiary/aromatic N) is 1. The minimum Gasteiger partial charge on any atom is -0.380 e. The van der Waals surface area contributed by atoms with Crippen molar-refractivity contribution in [2.75, 3.05) is 43.4 Å². The van der Waals surface area contributed by atoms with Crippen LogP contribution in [0.25, 0.3) is 0 Å². The van der Waals surface area contributed by atoms with Crippen LogP contribution in [0.5, 0.6) is 0 Å². The minimum atomic E-state index is -0.918. The first-order valence-corrected chi connectivity index (χ1v) is 9.17. The summed E-state index contributed by atoms with van der Waals surface area (Å²) in [5.41, 5.74) is 3.50. The van der Waals surface area contributed by atoms with E-state index in [0.29, 0.717) is 5.69 Å². The molecule has 3 rings (SSSR count). The zero-order chi connectivity index (χ0) is 19.2. The first-order chi connectivity index (χ1) is 13.0. The smallest absolute Gasteiger partial charge is 0.160 e. The number of rotatable bonds is 7. The molecule has 146 valence electrons. The number of halogens is 2. The molecule has 1 heterocycles. The van der Waals surface area contributed by atoms with Crippen LogP contribution in [0.2, 0.25) is 0 Å². The molecule has 1 aliphatic heterocycles. The van der Waals surface area contributed by atoms with E-state index in [4.69, 9.17) is 0 Å². The number of nitrogens with one attached hydrogen (secondary N) is 3. The molecule has 2 aromatic carbocycles. The number of piperazine rings is 1. The van der Waals surface area contributed by atoms with Crippen molar-refractivity contribution in [1.29, 1.82) is 0 Å². The highest BCUT2D eigenvalue weighted by Crippen LogP contribution is 2.19. The second-order valence-electron chi connectivity index (χ2n) is 6.85. The number of aliphatic hydroxyl groups excluding tert-OH is 1. The molecule has 0 radical (unpaired) electrons. The van der Waals surface area contributed by atoms with Crippen molar-refractivity contribution in [3.8, 4) is 0 Å². The number of aryl methyl sites for hydroxylation is 1.